The molecule has 1 aromatic heterocycles. The van der Waals surface area contributed by atoms with E-state index in [1.54, 1.807) is 23.1 Å². The molecule has 204 valence electrons. The summed E-state index contributed by atoms with van der Waals surface area (Å²) in [4.78, 5) is 30.9. The van der Waals surface area contributed by atoms with Crippen LogP contribution in [0.15, 0.2) is 15.3 Å². The van der Waals surface area contributed by atoms with Gasteiger partial charge in [0.2, 0.25) is 0 Å². The van der Waals surface area contributed by atoms with Gasteiger partial charge in [0.05, 0.1) is 11.8 Å². The first-order valence-corrected chi connectivity index (χ1v) is 15.4. The highest BCUT2D eigenvalue weighted by Crippen LogP contribution is 2.39. The quantitative estimate of drug-likeness (QED) is 0.319. The van der Waals surface area contributed by atoms with Crippen LogP contribution in [0.25, 0.3) is 6.08 Å². The minimum absolute atomic E-state index is 0.0106. The number of cyclic esters (lactones) is 1. The van der Waals surface area contributed by atoms with Crippen LogP contribution in [0.4, 0.5) is 0 Å². The molecular weight excluding hydrogens is 490 g/mol. The Kier molecular flexibility index (Phi) is 11.3. The summed E-state index contributed by atoms with van der Waals surface area (Å²) in [5.74, 6) is -0.369. The van der Waals surface area contributed by atoms with Gasteiger partial charge in [0.15, 0.2) is 0 Å². The molecule has 7 heteroatoms. The van der Waals surface area contributed by atoms with E-state index >= 15 is 0 Å². The van der Waals surface area contributed by atoms with Crippen molar-refractivity contribution < 1.29 is 19.4 Å². The molecule has 1 N–H and O–H groups in total. The van der Waals surface area contributed by atoms with E-state index in [1.165, 1.54) is 0 Å². The lowest BCUT2D eigenvalue weighted by Crippen LogP contribution is -2.39. The lowest BCUT2D eigenvalue weighted by molar-refractivity contribution is -0.149. The molecule has 0 saturated carbocycles. The van der Waals surface area contributed by atoms with Crippen molar-refractivity contribution in [3.8, 4) is 0 Å². The van der Waals surface area contributed by atoms with Gasteiger partial charge in [-0.05, 0) is 67.8 Å². The Bertz CT molecular complexity index is 920. The third kappa shape index (κ3) is 8.42. The van der Waals surface area contributed by atoms with E-state index in [2.05, 4.69) is 25.8 Å². The number of aromatic nitrogens is 1. The van der Waals surface area contributed by atoms with Crippen molar-refractivity contribution in [2.24, 2.45) is 28.6 Å². The number of aliphatic hydroxyl groups is 1. The fraction of sp³-hybridized carbons (Fsp3) is 0.759. The Hall–Kier alpha value is -1.18. The number of ketones is 1. The second-order valence-corrected chi connectivity index (χ2v) is 14.0. The maximum absolute atomic E-state index is 13.2. The Morgan fingerprint density at radius 2 is 1.86 bits per heavy atom. The van der Waals surface area contributed by atoms with E-state index in [-0.39, 0.29) is 35.6 Å². The van der Waals surface area contributed by atoms with Crippen molar-refractivity contribution in [3.05, 3.63) is 16.6 Å². The number of aliphatic hydroxyl groups excluding tert-OH is 1. The lowest BCUT2D eigenvalue weighted by Gasteiger charge is -2.36. The summed E-state index contributed by atoms with van der Waals surface area (Å²) in [6, 6.07) is 0. The molecule has 0 aromatic carbocycles. The number of hydrogen-bond acceptors (Lipinski definition) is 7. The third-order valence-corrected chi connectivity index (χ3v) is 10.2. The van der Waals surface area contributed by atoms with Crippen LogP contribution >= 0.6 is 23.1 Å². The zero-order chi connectivity index (χ0) is 27.3. The van der Waals surface area contributed by atoms with Gasteiger partial charge < -0.3 is 9.84 Å². The SMILES string of the molecule is CSc1nc(/C=C(\C)[C@@H]2C[C@H](C)C(C)(C)CCC[C@H](C)[C@H](O)[C@@H](C)C(=O)C(C)(C)CCC(=O)O2)cs1. The van der Waals surface area contributed by atoms with Gasteiger partial charge in [0, 0.05) is 23.1 Å². The van der Waals surface area contributed by atoms with Crippen molar-refractivity contribution in [1.29, 1.82) is 0 Å². The fourth-order valence-electron chi connectivity index (χ4n) is 5.04. The van der Waals surface area contributed by atoms with Gasteiger partial charge in [0.1, 0.15) is 16.2 Å². The average molecular weight is 538 g/mol. The molecule has 1 aliphatic rings. The van der Waals surface area contributed by atoms with E-state index in [9.17, 15) is 14.7 Å². The van der Waals surface area contributed by atoms with Crippen LogP contribution in [0.2, 0.25) is 0 Å². The number of carbonyl (C=O) groups is 2. The number of rotatable bonds is 3. The fourth-order valence-corrected chi connectivity index (χ4v) is 6.27. The van der Waals surface area contributed by atoms with E-state index in [4.69, 9.17) is 4.74 Å². The first-order valence-electron chi connectivity index (χ1n) is 13.3. The topological polar surface area (TPSA) is 76.5 Å². The summed E-state index contributed by atoms with van der Waals surface area (Å²) >= 11 is 3.24. The largest absolute Gasteiger partial charge is 0.458 e. The molecule has 0 radical (unpaired) electrons. The van der Waals surface area contributed by atoms with Gasteiger partial charge in [-0.1, -0.05) is 66.6 Å². The molecule has 36 heavy (non-hydrogen) atoms. The molecule has 0 unspecified atom stereocenters. The van der Waals surface area contributed by atoms with Crippen LogP contribution in [0.5, 0.6) is 0 Å². The smallest absolute Gasteiger partial charge is 0.306 e. The van der Waals surface area contributed by atoms with Crippen molar-refractivity contribution in [1.82, 2.24) is 4.98 Å². The number of thioether (sulfide) groups is 1. The first-order chi connectivity index (χ1) is 16.7. The molecular formula is C29H47NO4S2. The maximum Gasteiger partial charge on any atom is 0.306 e. The summed E-state index contributed by atoms with van der Waals surface area (Å²) < 4.78 is 7.09. The van der Waals surface area contributed by atoms with E-state index < -0.39 is 17.4 Å². The number of carbonyl (C=O) groups excluding carboxylic acids is 2. The van der Waals surface area contributed by atoms with Gasteiger partial charge in [-0.2, -0.15) is 0 Å². The maximum atomic E-state index is 13.2. The number of nitrogens with zero attached hydrogens (tertiary/aromatic N) is 1. The Labute approximate surface area is 226 Å². The normalized spacial score (nSPS) is 31.2. The highest BCUT2D eigenvalue weighted by molar-refractivity contribution is 8.00. The van der Waals surface area contributed by atoms with Crippen LogP contribution in [-0.2, 0) is 14.3 Å². The molecule has 1 aromatic rings. The molecule has 1 fully saturated rings. The van der Waals surface area contributed by atoms with Gasteiger partial charge >= 0.3 is 5.97 Å². The number of ether oxygens (including phenoxy) is 1. The van der Waals surface area contributed by atoms with E-state index in [0.717, 1.165) is 41.3 Å². The minimum Gasteiger partial charge on any atom is -0.458 e. The highest BCUT2D eigenvalue weighted by Gasteiger charge is 2.38. The van der Waals surface area contributed by atoms with Crippen molar-refractivity contribution in [2.75, 3.05) is 6.26 Å². The molecule has 2 rings (SSSR count). The summed E-state index contributed by atoms with van der Waals surface area (Å²) in [7, 11) is 0. The molecule has 2 heterocycles. The Morgan fingerprint density at radius 1 is 1.19 bits per heavy atom. The van der Waals surface area contributed by atoms with E-state index in [1.807, 2.05) is 52.3 Å². The van der Waals surface area contributed by atoms with Crippen molar-refractivity contribution >= 4 is 40.9 Å². The van der Waals surface area contributed by atoms with Crippen LogP contribution in [0, 0.1) is 28.6 Å². The molecule has 0 aliphatic carbocycles. The number of esters is 1. The number of Topliss-reactive ketones (excluding diaryl/α,β-unsaturated/α-hetero) is 1. The molecule has 1 saturated heterocycles. The molecule has 0 bridgehead atoms. The molecule has 5 nitrogen and oxygen atoms in total. The van der Waals surface area contributed by atoms with Crippen LogP contribution < -0.4 is 0 Å². The first kappa shape index (κ1) is 31.0. The van der Waals surface area contributed by atoms with E-state index in [0.29, 0.717) is 12.3 Å². The van der Waals surface area contributed by atoms with Gasteiger partial charge in [0.25, 0.3) is 0 Å². The molecule has 0 spiro atoms. The molecule has 0 amide bonds. The predicted molar refractivity (Wildman–Crippen MR) is 151 cm³/mol. The average Bonchev–Trinajstić information content (AvgIpc) is 3.27. The summed E-state index contributed by atoms with van der Waals surface area (Å²) in [6.07, 6.45) is 7.21. The zero-order valence-corrected chi connectivity index (χ0v) is 25.4. The van der Waals surface area contributed by atoms with Gasteiger partial charge in [-0.15, -0.1) is 11.3 Å². The Morgan fingerprint density at radius 3 is 2.47 bits per heavy atom. The van der Waals surface area contributed by atoms with Gasteiger partial charge in [-0.25, -0.2) is 4.98 Å². The summed E-state index contributed by atoms with van der Waals surface area (Å²) in [6.45, 7) is 16.4. The minimum atomic E-state index is -0.708. The van der Waals surface area contributed by atoms with Gasteiger partial charge in [-0.3, -0.25) is 9.59 Å². The second-order valence-electron chi connectivity index (χ2n) is 12.1. The standard InChI is InChI=1S/C29H47NO4S2/c1-18-11-10-13-28(5,6)20(3)16-23(19(2)15-22-17-36-27(30-22)35-9)34-24(31)12-14-29(7,8)26(33)21(4)25(18)32/h15,17-18,20-21,23,25,32H,10-14,16H2,1-9H3/b19-15+/t18-,20-,21+,23-,25-/m0/s1. The number of thiazole rings is 1. The van der Waals surface area contributed by atoms with Crippen LogP contribution in [-0.4, -0.2) is 40.3 Å². The second kappa shape index (κ2) is 13.1. The third-order valence-electron chi connectivity index (χ3n) is 8.34. The summed E-state index contributed by atoms with van der Waals surface area (Å²) in [5, 5.41) is 12.9. The number of hydrogen-bond donors (Lipinski definition) is 1. The molecule has 1 aliphatic heterocycles. The zero-order valence-electron chi connectivity index (χ0n) is 23.7. The monoisotopic (exact) mass is 537 g/mol. The summed E-state index contributed by atoms with van der Waals surface area (Å²) in [5.41, 5.74) is 1.22. The van der Waals surface area contributed by atoms with Crippen LogP contribution in [0.3, 0.4) is 0 Å². The van der Waals surface area contributed by atoms with Crippen molar-refractivity contribution in [3.63, 3.8) is 0 Å². The van der Waals surface area contributed by atoms with Crippen molar-refractivity contribution in [2.45, 2.75) is 110 Å². The predicted octanol–water partition coefficient (Wildman–Crippen LogP) is 7.43. The Balaban J connectivity index is 2.33. The van der Waals surface area contributed by atoms with Crippen LogP contribution in [0.1, 0.15) is 99.6 Å². The highest BCUT2D eigenvalue weighted by atomic mass is 32.2. The molecule has 5 atom stereocenters. The lowest BCUT2D eigenvalue weighted by atomic mass is 9.71.